The molecule has 1 fully saturated rings. The normalized spacial score (nSPS) is 22.0. The molecule has 6 heteroatoms. The van der Waals surface area contributed by atoms with E-state index in [1.165, 1.54) is 4.90 Å². The van der Waals surface area contributed by atoms with Crippen molar-refractivity contribution in [2.75, 3.05) is 6.54 Å². The first-order chi connectivity index (χ1) is 10.2. The van der Waals surface area contributed by atoms with Crippen molar-refractivity contribution in [1.29, 1.82) is 0 Å². The van der Waals surface area contributed by atoms with Gasteiger partial charge in [0.05, 0.1) is 12.8 Å². The van der Waals surface area contributed by atoms with Gasteiger partial charge in [0, 0.05) is 5.56 Å². The third-order valence-corrected chi connectivity index (χ3v) is 3.73. The van der Waals surface area contributed by atoms with Gasteiger partial charge in [0.15, 0.2) is 11.1 Å². The highest BCUT2D eigenvalue weighted by Gasteiger charge is 2.40. The maximum Gasteiger partial charge on any atom is 0.258 e. The number of nitrogens with zero attached hydrogens (tertiary/aromatic N) is 1. The molecule has 0 saturated carbocycles. The molecule has 110 valence electrons. The van der Waals surface area contributed by atoms with Crippen molar-refractivity contribution in [2.24, 2.45) is 0 Å². The highest BCUT2D eigenvalue weighted by atomic mass is 35.5. The van der Waals surface area contributed by atoms with E-state index in [0.29, 0.717) is 12.3 Å². The van der Waals surface area contributed by atoms with Crippen LogP contribution in [0.25, 0.3) is 0 Å². The van der Waals surface area contributed by atoms with Crippen LogP contribution in [-0.4, -0.2) is 22.2 Å². The third-order valence-electron chi connectivity index (χ3n) is 3.35. The van der Waals surface area contributed by atoms with Gasteiger partial charge < -0.3 is 14.1 Å². The second kappa shape index (κ2) is 6.10. The smallest absolute Gasteiger partial charge is 0.258 e. The average molecular weight is 326 g/mol. The highest BCUT2D eigenvalue weighted by molar-refractivity contribution is 6.53. The predicted molar refractivity (Wildman–Crippen MR) is 78.9 cm³/mol. The van der Waals surface area contributed by atoms with Crippen LogP contribution in [-0.2, 0) is 9.53 Å². The number of furan rings is 1. The maximum atomic E-state index is 12.2. The molecule has 1 saturated heterocycles. The van der Waals surface area contributed by atoms with Gasteiger partial charge in [-0.05, 0) is 12.1 Å². The van der Waals surface area contributed by atoms with E-state index in [0.717, 1.165) is 5.56 Å². The van der Waals surface area contributed by atoms with Crippen LogP contribution in [0.5, 0.6) is 0 Å². The van der Waals surface area contributed by atoms with Crippen molar-refractivity contribution in [3.63, 3.8) is 0 Å². The minimum atomic E-state index is -1.12. The Hall–Kier alpha value is -1.49. The van der Waals surface area contributed by atoms with Gasteiger partial charge in [-0.15, -0.1) is 0 Å². The summed E-state index contributed by atoms with van der Waals surface area (Å²) in [6.07, 6.45) is 0.724. The Kier molecular flexibility index (Phi) is 4.19. The van der Waals surface area contributed by atoms with Gasteiger partial charge in [-0.2, -0.15) is 0 Å². The molecule has 2 heterocycles. The zero-order valence-corrected chi connectivity index (χ0v) is 12.5. The van der Waals surface area contributed by atoms with Crippen molar-refractivity contribution in [1.82, 2.24) is 4.90 Å². The molecular weight excluding hydrogens is 313 g/mol. The van der Waals surface area contributed by atoms with E-state index < -0.39 is 11.1 Å². The number of ether oxygens (including phenoxy) is 1. The monoisotopic (exact) mass is 325 g/mol. The van der Waals surface area contributed by atoms with Gasteiger partial charge in [0.2, 0.25) is 0 Å². The zero-order chi connectivity index (χ0) is 14.8. The first-order valence-corrected chi connectivity index (χ1v) is 7.36. The fraction of sp³-hybridized carbons (Fsp3) is 0.267. The van der Waals surface area contributed by atoms with E-state index in [2.05, 4.69) is 0 Å². The van der Waals surface area contributed by atoms with Crippen molar-refractivity contribution < 1.29 is 13.9 Å². The molecule has 0 bridgehead atoms. The number of amides is 1. The second-order valence-electron chi connectivity index (χ2n) is 4.69. The van der Waals surface area contributed by atoms with Crippen LogP contribution < -0.4 is 0 Å². The fourth-order valence-corrected chi connectivity index (χ4v) is 2.64. The van der Waals surface area contributed by atoms with E-state index in [-0.39, 0.29) is 12.0 Å². The summed E-state index contributed by atoms with van der Waals surface area (Å²) >= 11 is 11.5. The van der Waals surface area contributed by atoms with E-state index in [9.17, 15) is 4.79 Å². The van der Waals surface area contributed by atoms with E-state index in [4.69, 9.17) is 32.4 Å². The van der Waals surface area contributed by atoms with Gasteiger partial charge in [-0.1, -0.05) is 53.5 Å². The molecule has 2 unspecified atom stereocenters. The molecule has 0 spiro atoms. The molecule has 21 heavy (non-hydrogen) atoms. The topological polar surface area (TPSA) is 42.7 Å². The van der Waals surface area contributed by atoms with Crippen LogP contribution in [0.2, 0.25) is 0 Å². The van der Waals surface area contributed by atoms with Gasteiger partial charge in [0.1, 0.15) is 11.9 Å². The quantitative estimate of drug-likeness (QED) is 0.808. The van der Waals surface area contributed by atoms with E-state index >= 15 is 0 Å². The second-order valence-corrected chi connectivity index (χ2v) is 5.79. The number of alkyl halides is 2. The van der Waals surface area contributed by atoms with Gasteiger partial charge in [-0.25, -0.2) is 0 Å². The number of hydrogen-bond acceptors (Lipinski definition) is 3. The van der Waals surface area contributed by atoms with Crippen molar-refractivity contribution in [3.05, 3.63) is 60.1 Å². The summed E-state index contributed by atoms with van der Waals surface area (Å²) in [7, 11) is 0. The van der Waals surface area contributed by atoms with Gasteiger partial charge >= 0.3 is 0 Å². The summed E-state index contributed by atoms with van der Waals surface area (Å²) in [4.78, 5) is 12.6. The summed E-state index contributed by atoms with van der Waals surface area (Å²) in [5.74, 6) is 0.299. The van der Waals surface area contributed by atoms with Crippen LogP contribution in [0.1, 0.15) is 23.7 Å². The SMILES string of the molecule is O=C(C(Cl)Cl)N1CC(c2ccco2)OC1c1ccccc1. The average Bonchev–Trinajstić information content (AvgIpc) is 3.16. The lowest BCUT2D eigenvalue weighted by Crippen LogP contribution is -2.35. The van der Waals surface area contributed by atoms with E-state index in [1.807, 2.05) is 36.4 Å². The molecule has 0 N–H and O–H groups in total. The summed E-state index contributed by atoms with van der Waals surface area (Å²) in [6, 6.07) is 13.1. The van der Waals surface area contributed by atoms with Gasteiger partial charge in [-0.3, -0.25) is 4.79 Å². The molecular formula is C15H13Cl2NO3. The summed E-state index contributed by atoms with van der Waals surface area (Å²) in [6.45, 7) is 0.349. The number of halogens is 2. The maximum absolute atomic E-state index is 12.2. The number of rotatable bonds is 3. The minimum absolute atomic E-state index is 0.332. The summed E-state index contributed by atoms with van der Waals surface area (Å²) in [5.41, 5.74) is 0.869. The van der Waals surface area contributed by atoms with Crippen LogP contribution in [0.4, 0.5) is 0 Å². The van der Waals surface area contributed by atoms with Crippen LogP contribution in [0.3, 0.4) is 0 Å². The standard InChI is InChI=1S/C15H13Cl2NO3/c16-13(17)14(19)18-9-12(11-7-4-8-20-11)21-15(18)10-5-2-1-3-6-10/h1-8,12-13,15H,9H2. The van der Waals surface area contributed by atoms with Crippen LogP contribution in [0.15, 0.2) is 53.1 Å². The first-order valence-electron chi connectivity index (χ1n) is 6.49. The summed E-state index contributed by atoms with van der Waals surface area (Å²) in [5, 5.41) is 0. The number of carbonyl (C=O) groups excluding carboxylic acids is 1. The molecule has 1 aromatic carbocycles. The zero-order valence-electron chi connectivity index (χ0n) is 11.0. The van der Waals surface area contributed by atoms with Crippen LogP contribution >= 0.6 is 23.2 Å². The fourth-order valence-electron chi connectivity index (χ4n) is 2.39. The molecule has 0 radical (unpaired) electrons. The molecule has 3 rings (SSSR count). The van der Waals surface area contributed by atoms with Crippen molar-refractivity contribution in [3.8, 4) is 0 Å². The Bertz CT molecular complexity index is 601. The van der Waals surface area contributed by atoms with Gasteiger partial charge in [0.25, 0.3) is 5.91 Å². The molecule has 2 atom stereocenters. The Morgan fingerprint density at radius 2 is 1.95 bits per heavy atom. The predicted octanol–water partition coefficient (Wildman–Crippen LogP) is 3.68. The van der Waals surface area contributed by atoms with Crippen LogP contribution in [0, 0.1) is 0 Å². The summed E-state index contributed by atoms with van der Waals surface area (Å²) < 4.78 is 11.3. The Balaban J connectivity index is 1.89. The lowest BCUT2D eigenvalue weighted by Gasteiger charge is -2.23. The molecule has 1 amide bonds. The molecule has 1 aliphatic heterocycles. The Morgan fingerprint density at radius 1 is 1.19 bits per heavy atom. The lowest BCUT2D eigenvalue weighted by atomic mass is 10.2. The molecule has 1 aromatic heterocycles. The highest BCUT2D eigenvalue weighted by Crippen LogP contribution is 2.38. The molecule has 4 nitrogen and oxygen atoms in total. The Labute approximate surface area is 132 Å². The van der Waals surface area contributed by atoms with Crippen molar-refractivity contribution >= 4 is 29.1 Å². The van der Waals surface area contributed by atoms with Crippen molar-refractivity contribution in [2.45, 2.75) is 17.2 Å². The molecule has 1 aliphatic rings. The largest absolute Gasteiger partial charge is 0.467 e. The lowest BCUT2D eigenvalue weighted by molar-refractivity contribution is -0.134. The number of benzene rings is 1. The Morgan fingerprint density at radius 3 is 2.57 bits per heavy atom. The van der Waals surface area contributed by atoms with E-state index in [1.54, 1.807) is 12.3 Å². The molecule has 2 aromatic rings. The number of hydrogen-bond donors (Lipinski definition) is 0. The molecule has 0 aliphatic carbocycles. The minimum Gasteiger partial charge on any atom is -0.467 e. The third kappa shape index (κ3) is 2.93. The first kappa shape index (κ1) is 14.4. The number of carbonyl (C=O) groups is 1.